The number of hydrogen-bond acceptors (Lipinski definition) is 4. The van der Waals surface area contributed by atoms with E-state index in [2.05, 4.69) is 171 Å². The molecule has 4 nitrogen and oxygen atoms in total. The molecule has 5 aromatic carbocycles. The van der Waals surface area contributed by atoms with Crippen molar-refractivity contribution >= 4 is 33.1 Å². The molecule has 5 heteroatoms. The van der Waals surface area contributed by atoms with E-state index < -0.39 is 0 Å². The molecule has 0 atom stereocenters. The number of para-hydroxylation sites is 2. The SMILES string of the molecule is CCCCCCC1(CCCCCC)c2cc(-c3ccc(-c4nnc(-c5ccc(C(C)(C)C)cc5)o4)s3)ccc2-c2ccc(-n3c4ccccc4c4ccccc43)cc21. The highest BCUT2D eigenvalue weighted by Gasteiger charge is 2.43. The zero-order valence-corrected chi connectivity index (χ0v) is 35.6. The highest BCUT2D eigenvalue weighted by atomic mass is 32.1. The summed E-state index contributed by atoms with van der Waals surface area (Å²) in [5, 5.41) is 11.6. The minimum absolute atomic E-state index is 0.0546. The highest BCUT2D eigenvalue weighted by molar-refractivity contribution is 7.18. The lowest BCUT2D eigenvalue weighted by Crippen LogP contribution is -2.26. The van der Waals surface area contributed by atoms with Gasteiger partial charge in [-0.1, -0.05) is 153 Å². The molecule has 0 N–H and O–H groups in total. The van der Waals surface area contributed by atoms with Crippen molar-refractivity contribution in [2.45, 2.75) is 110 Å². The van der Waals surface area contributed by atoms with Crippen LogP contribution in [-0.4, -0.2) is 14.8 Å². The van der Waals surface area contributed by atoms with Gasteiger partial charge in [-0.2, -0.15) is 0 Å². The van der Waals surface area contributed by atoms with E-state index in [1.54, 1.807) is 11.3 Å². The summed E-state index contributed by atoms with van der Waals surface area (Å²) in [7, 11) is 0. The molecule has 8 aromatic rings. The molecule has 0 saturated heterocycles. The van der Waals surface area contributed by atoms with Crippen LogP contribution < -0.4 is 0 Å². The Morgan fingerprint density at radius 3 is 1.78 bits per heavy atom. The Labute approximate surface area is 348 Å². The first-order valence-corrected chi connectivity index (χ1v) is 22.4. The molecule has 0 radical (unpaired) electrons. The summed E-state index contributed by atoms with van der Waals surface area (Å²) in [6.07, 6.45) is 12.4. The van der Waals surface area contributed by atoms with Crippen molar-refractivity contribution in [3.05, 3.63) is 138 Å². The number of fused-ring (bicyclic) bond motifs is 6. The van der Waals surface area contributed by atoms with E-state index in [0.29, 0.717) is 11.8 Å². The average Bonchev–Trinajstić information content (AvgIpc) is 4.05. The van der Waals surface area contributed by atoms with Gasteiger partial charge in [0.15, 0.2) is 0 Å². The second kappa shape index (κ2) is 15.8. The monoisotopic (exact) mass is 781 g/mol. The van der Waals surface area contributed by atoms with E-state index >= 15 is 0 Å². The quantitative estimate of drug-likeness (QED) is 0.103. The van der Waals surface area contributed by atoms with Crippen LogP contribution in [0.15, 0.2) is 126 Å². The van der Waals surface area contributed by atoms with Gasteiger partial charge >= 0.3 is 0 Å². The number of thiophene rings is 1. The molecule has 0 unspecified atom stereocenters. The minimum atomic E-state index is -0.0546. The van der Waals surface area contributed by atoms with Crippen molar-refractivity contribution in [2.75, 3.05) is 0 Å². The first-order chi connectivity index (χ1) is 28.3. The molecule has 0 amide bonds. The van der Waals surface area contributed by atoms with Crippen LogP contribution in [0.5, 0.6) is 0 Å². The van der Waals surface area contributed by atoms with E-state index in [0.717, 1.165) is 23.3 Å². The largest absolute Gasteiger partial charge is 0.415 e. The van der Waals surface area contributed by atoms with Crippen LogP contribution >= 0.6 is 11.3 Å². The Balaban J connectivity index is 1.12. The third kappa shape index (κ3) is 6.91. The number of nitrogens with zero attached hydrogens (tertiary/aromatic N) is 3. The Bertz CT molecular complexity index is 2640. The van der Waals surface area contributed by atoms with Gasteiger partial charge in [-0.15, -0.1) is 21.5 Å². The maximum absolute atomic E-state index is 6.29. The fourth-order valence-electron chi connectivity index (χ4n) is 9.51. The third-order valence-corrected chi connectivity index (χ3v) is 13.7. The van der Waals surface area contributed by atoms with Gasteiger partial charge in [0.05, 0.1) is 15.9 Å². The lowest BCUT2D eigenvalue weighted by atomic mass is 9.70. The molecule has 0 aliphatic heterocycles. The van der Waals surface area contributed by atoms with Gasteiger partial charge in [0.25, 0.3) is 5.89 Å². The molecule has 3 heterocycles. The summed E-state index contributed by atoms with van der Waals surface area (Å²) in [5.41, 5.74) is 13.1. The second-order valence-corrected chi connectivity index (χ2v) is 18.6. The molecule has 0 saturated carbocycles. The van der Waals surface area contributed by atoms with Crippen molar-refractivity contribution in [1.29, 1.82) is 0 Å². The lowest BCUT2D eigenvalue weighted by Gasteiger charge is -2.33. The van der Waals surface area contributed by atoms with Crippen LogP contribution in [0.4, 0.5) is 0 Å². The zero-order chi connectivity index (χ0) is 39.9. The summed E-state index contributed by atoms with van der Waals surface area (Å²) >= 11 is 1.74. The van der Waals surface area contributed by atoms with Gasteiger partial charge in [0, 0.05) is 32.3 Å². The first-order valence-electron chi connectivity index (χ1n) is 21.6. The number of rotatable bonds is 14. The maximum Gasteiger partial charge on any atom is 0.258 e. The number of hydrogen-bond donors (Lipinski definition) is 0. The molecule has 0 spiro atoms. The summed E-state index contributed by atoms with van der Waals surface area (Å²) in [6, 6.07) is 45.3. The molecule has 294 valence electrons. The molecule has 1 aliphatic rings. The molecule has 0 bridgehead atoms. The first kappa shape index (κ1) is 38.3. The number of benzene rings is 5. The zero-order valence-electron chi connectivity index (χ0n) is 34.8. The van der Waals surface area contributed by atoms with Gasteiger partial charge in [-0.25, -0.2) is 0 Å². The molecule has 58 heavy (non-hydrogen) atoms. The molecule has 3 aromatic heterocycles. The number of aromatic nitrogens is 3. The van der Waals surface area contributed by atoms with Crippen LogP contribution in [0.25, 0.3) is 71.3 Å². The van der Waals surface area contributed by atoms with Gasteiger partial charge in [-0.3, -0.25) is 0 Å². The minimum Gasteiger partial charge on any atom is -0.415 e. The van der Waals surface area contributed by atoms with Crippen LogP contribution in [0.1, 0.15) is 116 Å². The second-order valence-electron chi connectivity index (χ2n) is 17.5. The van der Waals surface area contributed by atoms with Crippen molar-refractivity contribution in [3.8, 4) is 49.5 Å². The lowest BCUT2D eigenvalue weighted by molar-refractivity contribution is 0.401. The van der Waals surface area contributed by atoms with Crippen molar-refractivity contribution < 1.29 is 4.42 Å². The van der Waals surface area contributed by atoms with Gasteiger partial charge in [0.2, 0.25) is 5.89 Å². The molecule has 0 fully saturated rings. The Morgan fingerprint density at radius 1 is 0.569 bits per heavy atom. The number of unbranched alkanes of at least 4 members (excludes halogenated alkanes) is 6. The predicted molar refractivity (Wildman–Crippen MR) is 245 cm³/mol. The Hall–Kier alpha value is -5.26. The molecular formula is C53H55N3OS. The van der Waals surface area contributed by atoms with Gasteiger partial charge in [-0.05, 0) is 106 Å². The normalized spacial score (nSPS) is 13.4. The standard InChI is InChI=1S/C53H55N3OS/c1-6-8-10-16-32-53(33-17-11-9-7-2)44-34-37(48-30-31-49(58-48)51-55-54-50(57-51)36-22-25-38(26-23-36)52(3,4)5)24-28-40(44)41-29-27-39(35-45(41)53)56-46-20-14-12-18-42(46)43-19-13-15-21-47(43)56/h12-15,18-31,34-35H,6-11,16-17,32-33H2,1-5H3. The summed E-state index contributed by atoms with van der Waals surface area (Å²) in [5.74, 6) is 1.12. The van der Waals surface area contributed by atoms with Crippen LogP contribution in [-0.2, 0) is 10.8 Å². The van der Waals surface area contributed by atoms with Crippen molar-refractivity contribution in [3.63, 3.8) is 0 Å². The van der Waals surface area contributed by atoms with Crippen LogP contribution in [0.2, 0.25) is 0 Å². The van der Waals surface area contributed by atoms with Crippen molar-refractivity contribution in [1.82, 2.24) is 14.8 Å². The van der Waals surface area contributed by atoms with E-state index in [1.165, 1.54) is 117 Å². The fourth-order valence-corrected chi connectivity index (χ4v) is 10.4. The summed E-state index contributed by atoms with van der Waals surface area (Å²) < 4.78 is 8.78. The summed E-state index contributed by atoms with van der Waals surface area (Å²) in [6.45, 7) is 11.3. The van der Waals surface area contributed by atoms with E-state index in [9.17, 15) is 0 Å². The molecular weight excluding hydrogens is 727 g/mol. The maximum atomic E-state index is 6.29. The smallest absolute Gasteiger partial charge is 0.258 e. The van der Waals surface area contributed by atoms with Crippen LogP contribution in [0.3, 0.4) is 0 Å². The Morgan fingerprint density at radius 2 is 1.14 bits per heavy atom. The molecule has 1 aliphatic carbocycles. The van der Waals surface area contributed by atoms with Gasteiger partial charge in [0.1, 0.15) is 0 Å². The molecule has 9 rings (SSSR count). The predicted octanol–water partition coefficient (Wildman–Crippen LogP) is 15.7. The highest BCUT2D eigenvalue weighted by Crippen LogP contribution is 2.56. The van der Waals surface area contributed by atoms with E-state index in [4.69, 9.17) is 4.42 Å². The third-order valence-electron chi connectivity index (χ3n) is 12.6. The van der Waals surface area contributed by atoms with Crippen LogP contribution in [0, 0.1) is 0 Å². The van der Waals surface area contributed by atoms with E-state index in [1.807, 2.05) is 0 Å². The fraction of sp³-hybridized carbons (Fsp3) is 0.321. The summed E-state index contributed by atoms with van der Waals surface area (Å²) in [4.78, 5) is 2.21. The topological polar surface area (TPSA) is 43.9 Å². The average molecular weight is 782 g/mol. The van der Waals surface area contributed by atoms with E-state index in [-0.39, 0.29) is 10.8 Å². The van der Waals surface area contributed by atoms with Crippen molar-refractivity contribution in [2.24, 2.45) is 0 Å². The van der Waals surface area contributed by atoms with Gasteiger partial charge < -0.3 is 8.98 Å². The Kier molecular flexibility index (Phi) is 10.4.